The highest BCUT2D eigenvalue weighted by Crippen LogP contribution is 2.36. The molecule has 0 aromatic heterocycles. The van der Waals surface area contributed by atoms with Crippen LogP contribution in [-0.4, -0.2) is 48.7 Å². The van der Waals surface area contributed by atoms with Gasteiger partial charge in [-0.05, 0) is 30.5 Å². The average Bonchev–Trinajstić information content (AvgIpc) is 2.53. The zero-order valence-corrected chi connectivity index (χ0v) is 14.7. The van der Waals surface area contributed by atoms with Crippen molar-refractivity contribution < 1.29 is 24.2 Å². The van der Waals surface area contributed by atoms with Gasteiger partial charge in [0.2, 0.25) is 0 Å². The minimum Gasteiger partial charge on any atom is -0.493 e. The van der Waals surface area contributed by atoms with Crippen molar-refractivity contribution in [1.29, 1.82) is 0 Å². The van der Waals surface area contributed by atoms with Gasteiger partial charge in [0, 0.05) is 18.0 Å². The Balaban J connectivity index is 2.36. The van der Waals surface area contributed by atoms with Crippen LogP contribution in [-0.2, 0) is 11.2 Å². The Bertz CT molecular complexity index is 628. The smallest absolute Gasteiger partial charge is 0.326 e. The van der Waals surface area contributed by atoms with Crippen molar-refractivity contribution in [2.24, 2.45) is 5.92 Å². The van der Waals surface area contributed by atoms with Gasteiger partial charge in [0.05, 0.1) is 14.2 Å². The number of aliphatic carboxylic acids is 1. The van der Waals surface area contributed by atoms with E-state index in [1.165, 1.54) is 12.0 Å². The zero-order chi connectivity index (χ0) is 17.9. The maximum Gasteiger partial charge on any atom is 0.326 e. The van der Waals surface area contributed by atoms with Gasteiger partial charge < -0.3 is 19.5 Å². The van der Waals surface area contributed by atoms with Crippen molar-refractivity contribution in [3.8, 4) is 11.5 Å². The summed E-state index contributed by atoms with van der Waals surface area (Å²) in [6.07, 6.45) is 2.39. The van der Waals surface area contributed by atoms with Gasteiger partial charge >= 0.3 is 5.97 Å². The van der Waals surface area contributed by atoms with Crippen molar-refractivity contribution in [2.45, 2.75) is 39.2 Å². The highest BCUT2D eigenvalue weighted by atomic mass is 16.5. The van der Waals surface area contributed by atoms with E-state index in [0.717, 1.165) is 24.8 Å². The minimum absolute atomic E-state index is 0.0155. The fourth-order valence-corrected chi connectivity index (χ4v) is 3.27. The first kappa shape index (κ1) is 18.1. The second-order valence-electron chi connectivity index (χ2n) is 6.03. The predicted octanol–water partition coefficient (Wildman–Crippen LogP) is 2.59. The number of nitrogens with zero attached hydrogens (tertiary/aromatic N) is 1. The summed E-state index contributed by atoms with van der Waals surface area (Å²) in [4.78, 5) is 25.7. The van der Waals surface area contributed by atoms with Gasteiger partial charge in [0.25, 0.3) is 5.91 Å². The first-order valence-corrected chi connectivity index (χ1v) is 8.27. The number of carbonyl (C=O) groups excluding carboxylic acids is 1. The average molecular weight is 335 g/mol. The van der Waals surface area contributed by atoms with E-state index in [4.69, 9.17) is 9.47 Å². The molecule has 1 aliphatic heterocycles. The standard InChI is InChI=1S/C18H25NO5/c1-5-7-12-8-13(9-14(23-3)16(12)24-4)17(20)19-10-11(6-2)15(19)18(21)22/h8-9,11,15H,5-7,10H2,1-4H3,(H,21,22)/t11-,15-/m0/s1. The lowest BCUT2D eigenvalue weighted by Crippen LogP contribution is -2.62. The third-order valence-corrected chi connectivity index (χ3v) is 4.57. The van der Waals surface area contributed by atoms with Crippen LogP contribution in [0.3, 0.4) is 0 Å². The third-order valence-electron chi connectivity index (χ3n) is 4.57. The van der Waals surface area contributed by atoms with Crippen LogP contribution >= 0.6 is 0 Å². The van der Waals surface area contributed by atoms with Gasteiger partial charge in [-0.25, -0.2) is 4.79 Å². The van der Waals surface area contributed by atoms with Gasteiger partial charge in [0.15, 0.2) is 11.5 Å². The lowest BCUT2D eigenvalue weighted by Gasteiger charge is -2.45. The van der Waals surface area contributed by atoms with E-state index >= 15 is 0 Å². The summed E-state index contributed by atoms with van der Waals surface area (Å²) in [5.41, 5.74) is 1.33. The molecule has 0 bridgehead atoms. The van der Waals surface area contributed by atoms with Crippen molar-refractivity contribution in [3.05, 3.63) is 23.3 Å². The molecule has 0 aliphatic carbocycles. The number of amides is 1. The molecule has 2 rings (SSSR count). The molecular weight excluding hydrogens is 310 g/mol. The highest BCUT2D eigenvalue weighted by molar-refractivity contribution is 5.98. The van der Waals surface area contributed by atoms with Gasteiger partial charge in [-0.1, -0.05) is 20.3 Å². The second kappa shape index (κ2) is 7.55. The number of likely N-dealkylation sites (tertiary alicyclic amines) is 1. The Kier molecular flexibility index (Phi) is 5.70. The SMILES string of the molecule is CCCc1cc(C(=O)N2C[C@H](CC)[C@H]2C(=O)O)cc(OC)c1OC. The molecular formula is C18H25NO5. The Labute approximate surface area is 142 Å². The lowest BCUT2D eigenvalue weighted by atomic mass is 9.85. The molecule has 1 amide bonds. The summed E-state index contributed by atoms with van der Waals surface area (Å²) in [5, 5.41) is 9.38. The fourth-order valence-electron chi connectivity index (χ4n) is 3.27. The van der Waals surface area contributed by atoms with Crippen LogP contribution in [0.5, 0.6) is 11.5 Å². The molecule has 6 heteroatoms. The monoisotopic (exact) mass is 335 g/mol. The van der Waals surface area contributed by atoms with E-state index in [2.05, 4.69) is 0 Å². The van der Waals surface area contributed by atoms with Crippen molar-refractivity contribution in [1.82, 2.24) is 4.90 Å². The number of methoxy groups -OCH3 is 2. The summed E-state index contributed by atoms with van der Waals surface area (Å²) in [6, 6.07) is 2.66. The summed E-state index contributed by atoms with van der Waals surface area (Å²) in [6.45, 7) is 4.46. The van der Waals surface area contributed by atoms with E-state index < -0.39 is 12.0 Å². The van der Waals surface area contributed by atoms with Crippen LogP contribution < -0.4 is 9.47 Å². The number of hydrogen-bond donors (Lipinski definition) is 1. The maximum absolute atomic E-state index is 12.8. The number of carboxylic acid groups (broad SMARTS) is 1. The molecule has 2 atom stereocenters. The van der Waals surface area contributed by atoms with Gasteiger partial charge in [-0.15, -0.1) is 0 Å². The van der Waals surface area contributed by atoms with E-state index in [0.29, 0.717) is 23.6 Å². The molecule has 0 saturated carbocycles. The first-order valence-electron chi connectivity index (χ1n) is 8.27. The van der Waals surface area contributed by atoms with Crippen molar-refractivity contribution in [2.75, 3.05) is 20.8 Å². The van der Waals surface area contributed by atoms with Crippen LogP contribution in [0.4, 0.5) is 0 Å². The molecule has 0 unspecified atom stereocenters. The van der Waals surface area contributed by atoms with Crippen LogP contribution in [0.1, 0.15) is 42.6 Å². The molecule has 24 heavy (non-hydrogen) atoms. The molecule has 0 radical (unpaired) electrons. The van der Waals surface area contributed by atoms with E-state index in [-0.39, 0.29) is 11.8 Å². The normalized spacial score (nSPS) is 19.6. The number of carbonyl (C=O) groups is 2. The summed E-state index contributed by atoms with van der Waals surface area (Å²) < 4.78 is 10.8. The maximum atomic E-state index is 12.8. The molecule has 1 aromatic carbocycles. The Morgan fingerprint density at radius 2 is 1.96 bits per heavy atom. The topological polar surface area (TPSA) is 76.1 Å². The van der Waals surface area contributed by atoms with Gasteiger partial charge in [-0.3, -0.25) is 4.79 Å². The van der Waals surface area contributed by atoms with Crippen LogP contribution in [0.2, 0.25) is 0 Å². The molecule has 1 aliphatic rings. The molecule has 1 heterocycles. The molecule has 132 valence electrons. The number of hydrogen-bond acceptors (Lipinski definition) is 4. The molecule has 1 N–H and O–H groups in total. The highest BCUT2D eigenvalue weighted by Gasteiger charge is 2.45. The molecule has 0 spiro atoms. The molecule has 6 nitrogen and oxygen atoms in total. The van der Waals surface area contributed by atoms with Gasteiger partial charge in [-0.2, -0.15) is 0 Å². The largest absolute Gasteiger partial charge is 0.493 e. The Morgan fingerprint density at radius 3 is 2.46 bits per heavy atom. The molecule has 1 saturated heterocycles. The lowest BCUT2D eigenvalue weighted by molar-refractivity contribution is -0.150. The Morgan fingerprint density at radius 1 is 1.25 bits per heavy atom. The van der Waals surface area contributed by atoms with Gasteiger partial charge in [0.1, 0.15) is 6.04 Å². The van der Waals surface area contributed by atoms with Crippen molar-refractivity contribution in [3.63, 3.8) is 0 Å². The summed E-state index contributed by atoms with van der Waals surface area (Å²) in [5.74, 6) is -0.0882. The number of carboxylic acids is 1. The van der Waals surface area contributed by atoms with Crippen LogP contribution in [0.15, 0.2) is 12.1 Å². The summed E-state index contributed by atoms with van der Waals surface area (Å²) in [7, 11) is 3.10. The number of rotatable bonds is 7. The first-order chi connectivity index (χ1) is 11.5. The predicted molar refractivity (Wildman–Crippen MR) is 89.8 cm³/mol. The van der Waals surface area contributed by atoms with Crippen LogP contribution in [0, 0.1) is 5.92 Å². The number of ether oxygens (including phenoxy) is 2. The number of benzene rings is 1. The fraction of sp³-hybridized carbons (Fsp3) is 0.556. The Hall–Kier alpha value is -2.24. The zero-order valence-electron chi connectivity index (χ0n) is 14.7. The van der Waals surface area contributed by atoms with Crippen LogP contribution in [0.25, 0.3) is 0 Å². The second-order valence-corrected chi connectivity index (χ2v) is 6.03. The number of aryl methyl sites for hydroxylation is 1. The molecule has 1 fully saturated rings. The quantitative estimate of drug-likeness (QED) is 0.829. The minimum atomic E-state index is -0.948. The van der Waals surface area contributed by atoms with E-state index in [9.17, 15) is 14.7 Å². The molecule has 1 aromatic rings. The van der Waals surface area contributed by atoms with E-state index in [1.807, 2.05) is 13.8 Å². The van der Waals surface area contributed by atoms with Crippen molar-refractivity contribution >= 4 is 11.9 Å². The van der Waals surface area contributed by atoms with E-state index in [1.54, 1.807) is 19.2 Å². The third kappa shape index (κ3) is 3.18. The summed E-state index contributed by atoms with van der Waals surface area (Å²) >= 11 is 0.